The van der Waals surface area contributed by atoms with Gasteiger partial charge in [0, 0.05) is 24.2 Å². The summed E-state index contributed by atoms with van der Waals surface area (Å²) in [6.45, 7) is 3.72. The zero-order chi connectivity index (χ0) is 14.8. The molecule has 3 aromatic heterocycles. The molecule has 10 heteroatoms. The fourth-order valence-corrected chi connectivity index (χ4v) is 2.28. The van der Waals surface area contributed by atoms with Crippen molar-refractivity contribution in [3.05, 3.63) is 29.9 Å². The average molecular weight is 304 g/mol. The Kier molecular flexibility index (Phi) is 3.54. The number of hydrogen-bond donors (Lipinski definition) is 2. The molecule has 0 radical (unpaired) electrons. The highest BCUT2D eigenvalue weighted by atomic mass is 32.2. The fraction of sp³-hybridized carbons (Fsp3) is 0.182. The summed E-state index contributed by atoms with van der Waals surface area (Å²) in [4.78, 5) is 16.9. The molecule has 0 saturated carbocycles. The van der Waals surface area contributed by atoms with Crippen LogP contribution < -0.4 is 11.3 Å². The lowest BCUT2D eigenvalue weighted by Crippen LogP contribution is -2.14. The third-order valence-electron chi connectivity index (χ3n) is 2.63. The smallest absolute Gasteiger partial charge is 0.264 e. The molecule has 0 aromatic carbocycles. The Balaban J connectivity index is 1.96. The average Bonchev–Trinajstić information content (AvgIpc) is 3.09. The van der Waals surface area contributed by atoms with Crippen molar-refractivity contribution in [2.24, 2.45) is 5.84 Å². The van der Waals surface area contributed by atoms with Gasteiger partial charge in [-0.05, 0) is 19.9 Å². The standard InChI is InChI=1S/C11H12N8OS/c1-6-7(2)20-11(14-6)21-10-16-8(18-12)15-9(17-10)19-5-3-4-13-19/h3-5H,12H2,1-2H3,(H,15,16,17,18). The minimum Gasteiger partial charge on any atom is -0.436 e. The van der Waals surface area contributed by atoms with E-state index in [1.54, 1.807) is 18.5 Å². The summed E-state index contributed by atoms with van der Waals surface area (Å²) in [7, 11) is 0. The first-order valence-electron chi connectivity index (χ1n) is 6.00. The van der Waals surface area contributed by atoms with Gasteiger partial charge in [0.15, 0.2) is 0 Å². The van der Waals surface area contributed by atoms with Crippen LogP contribution in [-0.4, -0.2) is 29.7 Å². The SMILES string of the molecule is Cc1nc(Sc2nc(NN)nc(-n3cccn3)n2)oc1C. The van der Waals surface area contributed by atoms with Crippen molar-refractivity contribution >= 4 is 17.7 Å². The van der Waals surface area contributed by atoms with Crippen LogP contribution in [0, 0.1) is 13.8 Å². The van der Waals surface area contributed by atoms with Gasteiger partial charge in [0.2, 0.25) is 11.1 Å². The largest absolute Gasteiger partial charge is 0.436 e. The number of nitrogens with two attached hydrogens (primary N) is 1. The number of aromatic nitrogens is 6. The predicted molar refractivity (Wildman–Crippen MR) is 74.9 cm³/mol. The first-order valence-corrected chi connectivity index (χ1v) is 6.82. The summed E-state index contributed by atoms with van der Waals surface area (Å²) in [6, 6.07) is 1.77. The van der Waals surface area contributed by atoms with Crippen LogP contribution >= 0.6 is 11.8 Å². The Morgan fingerprint density at radius 3 is 2.71 bits per heavy atom. The number of oxazole rings is 1. The van der Waals surface area contributed by atoms with E-state index in [4.69, 9.17) is 10.3 Å². The lowest BCUT2D eigenvalue weighted by molar-refractivity contribution is 0.430. The third kappa shape index (κ3) is 2.85. The number of nitrogens with zero attached hydrogens (tertiary/aromatic N) is 6. The lowest BCUT2D eigenvalue weighted by atomic mass is 10.4. The van der Waals surface area contributed by atoms with Crippen LogP contribution in [0.3, 0.4) is 0 Å². The van der Waals surface area contributed by atoms with Crippen molar-refractivity contribution < 1.29 is 4.42 Å². The maximum atomic E-state index is 5.50. The van der Waals surface area contributed by atoms with Crippen LogP contribution in [0.5, 0.6) is 0 Å². The van der Waals surface area contributed by atoms with Crippen molar-refractivity contribution in [1.29, 1.82) is 0 Å². The van der Waals surface area contributed by atoms with Gasteiger partial charge in [-0.3, -0.25) is 5.43 Å². The molecule has 0 aliphatic rings. The molecule has 0 atom stereocenters. The molecule has 0 spiro atoms. The number of nitrogens with one attached hydrogen (secondary N) is 1. The molecule has 9 nitrogen and oxygen atoms in total. The Hall–Kier alpha value is -2.46. The first kappa shape index (κ1) is 13.5. The molecule has 0 unspecified atom stereocenters. The maximum Gasteiger partial charge on any atom is 0.264 e. The van der Waals surface area contributed by atoms with Crippen LogP contribution in [0.4, 0.5) is 5.95 Å². The van der Waals surface area contributed by atoms with Crippen molar-refractivity contribution in [1.82, 2.24) is 29.7 Å². The van der Waals surface area contributed by atoms with Gasteiger partial charge in [-0.25, -0.2) is 15.5 Å². The first-order chi connectivity index (χ1) is 10.2. The van der Waals surface area contributed by atoms with Crippen molar-refractivity contribution in [3.8, 4) is 5.95 Å². The Bertz CT molecular complexity index is 734. The zero-order valence-corrected chi connectivity index (χ0v) is 12.1. The summed E-state index contributed by atoms with van der Waals surface area (Å²) >= 11 is 1.19. The normalized spacial score (nSPS) is 10.8. The molecular formula is C11H12N8OS. The maximum absolute atomic E-state index is 5.50. The van der Waals surface area contributed by atoms with Crippen LogP contribution in [0.25, 0.3) is 5.95 Å². The van der Waals surface area contributed by atoms with Crippen LogP contribution in [0.2, 0.25) is 0 Å². The van der Waals surface area contributed by atoms with E-state index in [1.807, 2.05) is 13.8 Å². The van der Waals surface area contributed by atoms with Crippen molar-refractivity contribution in [2.45, 2.75) is 24.2 Å². The zero-order valence-electron chi connectivity index (χ0n) is 11.3. The number of nitrogen functional groups attached to an aromatic ring is 1. The molecule has 0 bridgehead atoms. The minimum atomic E-state index is 0.234. The van der Waals surface area contributed by atoms with Gasteiger partial charge in [0.25, 0.3) is 11.2 Å². The van der Waals surface area contributed by atoms with E-state index < -0.39 is 0 Å². The second-order valence-electron chi connectivity index (χ2n) is 4.06. The highest BCUT2D eigenvalue weighted by Crippen LogP contribution is 2.26. The highest BCUT2D eigenvalue weighted by Gasteiger charge is 2.13. The lowest BCUT2D eigenvalue weighted by Gasteiger charge is -2.04. The van der Waals surface area contributed by atoms with E-state index >= 15 is 0 Å². The highest BCUT2D eigenvalue weighted by molar-refractivity contribution is 7.98. The molecule has 0 fully saturated rings. The van der Waals surface area contributed by atoms with E-state index in [0.29, 0.717) is 16.3 Å². The molecule has 3 aromatic rings. The number of hydrazine groups is 1. The van der Waals surface area contributed by atoms with Crippen molar-refractivity contribution in [2.75, 3.05) is 5.43 Å². The summed E-state index contributed by atoms with van der Waals surface area (Å²) in [5, 5.41) is 4.95. The van der Waals surface area contributed by atoms with Crippen molar-refractivity contribution in [3.63, 3.8) is 0 Å². The van der Waals surface area contributed by atoms with Gasteiger partial charge in [0.05, 0.1) is 5.69 Å². The molecule has 0 aliphatic carbocycles. The number of rotatable bonds is 4. The minimum absolute atomic E-state index is 0.234. The number of hydrogen-bond acceptors (Lipinski definition) is 9. The van der Waals surface area contributed by atoms with Crippen LogP contribution in [0.15, 0.2) is 33.3 Å². The molecule has 21 heavy (non-hydrogen) atoms. The van der Waals surface area contributed by atoms with Crippen LogP contribution in [0.1, 0.15) is 11.5 Å². The molecular weight excluding hydrogens is 292 g/mol. The monoisotopic (exact) mass is 304 g/mol. The van der Waals surface area contributed by atoms with E-state index in [2.05, 4.69) is 30.5 Å². The van der Waals surface area contributed by atoms with Gasteiger partial charge in [-0.1, -0.05) is 0 Å². The molecule has 3 rings (SSSR count). The summed E-state index contributed by atoms with van der Waals surface area (Å²) in [5.41, 5.74) is 3.23. The van der Waals surface area contributed by atoms with Gasteiger partial charge < -0.3 is 4.42 Å². The van der Waals surface area contributed by atoms with Gasteiger partial charge in [-0.15, -0.1) is 0 Å². The second-order valence-corrected chi connectivity index (χ2v) is 4.98. The summed E-state index contributed by atoms with van der Waals surface area (Å²) in [5.74, 6) is 6.73. The van der Waals surface area contributed by atoms with Gasteiger partial charge >= 0.3 is 0 Å². The molecule has 0 saturated heterocycles. The number of anilines is 1. The Morgan fingerprint density at radius 2 is 2.10 bits per heavy atom. The van der Waals surface area contributed by atoms with E-state index in [1.165, 1.54) is 16.4 Å². The van der Waals surface area contributed by atoms with Gasteiger partial charge in [-0.2, -0.15) is 20.1 Å². The molecule has 108 valence electrons. The second kappa shape index (κ2) is 5.50. The topological polar surface area (TPSA) is 121 Å². The molecule has 3 heterocycles. The third-order valence-corrected chi connectivity index (χ3v) is 3.34. The quantitative estimate of drug-likeness (QED) is 0.539. The summed E-state index contributed by atoms with van der Waals surface area (Å²) < 4.78 is 7.01. The van der Waals surface area contributed by atoms with Crippen LogP contribution in [-0.2, 0) is 0 Å². The number of aryl methyl sites for hydroxylation is 2. The molecule has 0 amide bonds. The predicted octanol–water partition coefficient (Wildman–Crippen LogP) is 1.10. The summed E-state index contributed by atoms with van der Waals surface area (Å²) in [6.07, 6.45) is 3.36. The molecule has 0 aliphatic heterocycles. The fourth-order valence-electron chi connectivity index (χ4n) is 1.51. The molecule has 3 N–H and O–H groups in total. The van der Waals surface area contributed by atoms with E-state index in [0.717, 1.165) is 11.5 Å². The van der Waals surface area contributed by atoms with E-state index in [9.17, 15) is 0 Å². The Labute approximate surface area is 124 Å². The van der Waals surface area contributed by atoms with Gasteiger partial charge in [0.1, 0.15) is 5.76 Å². The Morgan fingerprint density at radius 1 is 1.24 bits per heavy atom. The van der Waals surface area contributed by atoms with E-state index in [-0.39, 0.29) is 5.95 Å².